The highest BCUT2D eigenvalue weighted by Crippen LogP contribution is 2.23. The quantitative estimate of drug-likeness (QED) is 0.470. The molecule has 1 aromatic carbocycles. The van der Waals surface area contributed by atoms with Crippen molar-refractivity contribution < 1.29 is 9.90 Å². The molecule has 94 valence electrons. The number of aromatic amines is 1. The summed E-state index contributed by atoms with van der Waals surface area (Å²) in [4.78, 5) is 18.8. The minimum Gasteiger partial charge on any atom is -0.505 e. The number of anilines is 1. The van der Waals surface area contributed by atoms with Crippen LogP contribution in [0.4, 0.5) is 5.69 Å². The molecule has 1 heterocycles. The van der Waals surface area contributed by atoms with Crippen molar-refractivity contribution in [3.63, 3.8) is 0 Å². The van der Waals surface area contributed by atoms with E-state index in [1.807, 2.05) is 0 Å². The predicted octanol–water partition coefficient (Wildman–Crippen LogP) is 0.670. The number of nitrogens with one attached hydrogen (secondary N) is 2. The summed E-state index contributed by atoms with van der Waals surface area (Å²) in [5.74, 6) is 0.256. The van der Waals surface area contributed by atoms with Gasteiger partial charge in [0.1, 0.15) is 5.82 Å². The first-order valence-corrected chi connectivity index (χ1v) is 5.52. The second-order valence-corrected chi connectivity index (χ2v) is 3.79. The number of amides is 1. The van der Waals surface area contributed by atoms with Crippen LogP contribution in [-0.2, 0) is 6.42 Å². The fourth-order valence-corrected chi connectivity index (χ4v) is 1.57. The zero-order valence-corrected chi connectivity index (χ0v) is 9.68. The number of hydrogen-bond acceptors (Lipinski definition) is 4. The molecule has 0 fully saturated rings. The monoisotopic (exact) mass is 246 g/mol. The Balaban J connectivity index is 1.93. The van der Waals surface area contributed by atoms with E-state index in [0.29, 0.717) is 13.0 Å². The van der Waals surface area contributed by atoms with Gasteiger partial charge in [0.25, 0.3) is 5.91 Å². The van der Waals surface area contributed by atoms with Crippen molar-refractivity contribution in [2.45, 2.75) is 6.42 Å². The topological polar surface area (TPSA) is 104 Å². The number of H-pyrrole nitrogens is 1. The number of benzene rings is 1. The van der Waals surface area contributed by atoms with Crippen molar-refractivity contribution >= 4 is 11.6 Å². The Bertz CT molecular complexity index is 537. The molecule has 1 aromatic heterocycles. The fourth-order valence-electron chi connectivity index (χ4n) is 1.57. The number of imidazole rings is 1. The SMILES string of the molecule is Nc1cccc(C(=O)NCCc2ncc[nH]2)c1O. The lowest BCUT2D eigenvalue weighted by Crippen LogP contribution is -2.26. The Hall–Kier alpha value is -2.50. The van der Waals surface area contributed by atoms with E-state index in [9.17, 15) is 9.90 Å². The number of carbonyl (C=O) groups is 1. The number of phenolic OH excluding ortho intramolecular Hbond substituents is 1. The maximum Gasteiger partial charge on any atom is 0.255 e. The molecule has 0 saturated carbocycles. The number of phenols is 1. The van der Waals surface area contributed by atoms with Gasteiger partial charge in [0.15, 0.2) is 5.75 Å². The van der Waals surface area contributed by atoms with E-state index >= 15 is 0 Å². The van der Waals surface area contributed by atoms with Gasteiger partial charge in [-0.25, -0.2) is 4.98 Å². The normalized spacial score (nSPS) is 10.2. The maximum atomic E-state index is 11.8. The lowest BCUT2D eigenvalue weighted by atomic mass is 10.1. The van der Waals surface area contributed by atoms with Gasteiger partial charge in [0.05, 0.1) is 11.3 Å². The third-order valence-corrected chi connectivity index (χ3v) is 2.51. The Kier molecular flexibility index (Phi) is 3.47. The van der Waals surface area contributed by atoms with Crippen molar-refractivity contribution in [3.05, 3.63) is 42.0 Å². The molecule has 5 N–H and O–H groups in total. The van der Waals surface area contributed by atoms with Crippen LogP contribution in [0.2, 0.25) is 0 Å². The minimum absolute atomic E-state index is 0.175. The van der Waals surface area contributed by atoms with Crippen LogP contribution in [0.1, 0.15) is 16.2 Å². The van der Waals surface area contributed by atoms with Gasteiger partial charge in [0, 0.05) is 25.4 Å². The molecule has 2 rings (SSSR count). The summed E-state index contributed by atoms with van der Waals surface area (Å²) in [6.45, 7) is 0.431. The number of carbonyl (C=O) groups excluding carboxylic acids is 1. The van der Waals surface area contributed by atoms with E-state index in [1.54, 1.807) is 18.5 Å². The summed E-state index contributed by atoms with van der Waals surface area (Å²) in [5.41, 5.74) is 5.88. The second-order valence-electron chi connectivity index (χ2n) is 3.79. The standard InChI is InChI=1S/C12H14N4O2/c13-9-3-1-2-8(11(9)17)12(18)16-5-4-10-14-6-7-15-10/h1-3,6-7,17H,4-5,13H2,(H,14,15)(H,16,18). The molecule has 6 nitrogen and oxygen atoms in total. The minimum atomic E-state index is -0.355. The highest BCUT2D eigenvalue weighted by Gasteiger charge is 2.12. The van der Waals surface area contributed by atoms with Crippen molar-refractivity contribution in [3.8, 4) is 5.75 Å². The number of aromatic hydroxyl groups is 1. The van der Waals surface area contributed by atoms with Crippen LogP contribution in [0.15, 0.2) is 30.6 Å². The predicted molar refractivity (Wildman–Crippen MR) is 67.1 cm³/mol. The van der Waals surface area contributed by atoms with Crippen molar-refractivity contribution in [2.75, 3.05) is 12.3 Å². The summed E-state index contributed by atoms with van der Waals surface area (Å²) in [5, 5.41) is 12.3. The van der Waals surface area contributed by atoms with E-state index in [-0.39, 0.29) is 22.9 Å². The first-order valence-electron chi connectivity index (χ1n) is 5.52. The number of rotatable bonds is 4. The molecule has 0 bridgehead atoms. The van der Waals surface area contributed by atoms with Crippen molar-refractivity contribution in [1.29, 1.82) is 0 Å². The van der Waals surface area contributed by atoms with E-state index in [0.717, 1.165) is 5.82 Å². The van der Waals surface area contributed by atoms with Gasteiger partial charge in [-0.15, -0.1) is 0 Å². The number of nitrogens with zero attached hydrogens (tertiary/aromatic N) is 1. The molecular weight excluding hydrogens is 232 g/mol. The summed E-state index contributed by atoms with van der Waals surface area (Å²) < 4.78 is 0. The van der Waals surface area contributed by atoms with Crippen molar-refractivity contribution in [2.24, 2.45) is 0 Å². The van der Waals surface area contributed by atoms with E-state index in [4.69, 9.17) is 5.73 Å². The number of nitrogens with two attached hydrogens (primary N) is 1. The average Bonchev–Trinajstić information content (AvgIpc) is 2.85. The van der Waals surface area contributed by atoms with Gasteiger partial charge in [-0.2, -0.15) is 0 Å². The zero-order valence-electron chi connectivity index (χ0n) is 9.68. The van der Waals surface area contributed by atoms with Gasteiger partial charge in [-0.05, 0) is 12.1 Å². The van der Waals surface area contributed by atoms with Crippen LogP contribution >= 0.6 is 0 Å². The van der Waals surface area contributed by atoms with E-state index in [2.05, 4.69) is 15.3 Å². The summed E-state index contributed by atoms with van der Waals surface area (Å²) in [7, 11) is 0. The molecule has 0 spiro atoms. The van der Waals surface area contributed by atoms with Crippen LogP contribution in [-0.4, -0.2) is 27.5 Å². The smallest absolute Gasteiger partial charge is 0.255 e. The third kappa shape index (κ3) is 2.60. The lowest BCUT2D eigenvalue weighted by Gasteiger charge is -2.07. The molecule has 0 saturated heterocycles. The zero-order chi connectivity index (χ0) is 13.0. The summed E-state index contributed by atoms with van der Waals surface area (Å²) in [6, 6.07) is 4.68. The molecule has 0 unspecified atom stereocenters. The molecule has 0 aliphatic rings. The first kappa shape index (κ1) is 12.0. The average molecular weight is 246 g/mol. The number of hydrogen-bond donors (Lipinski definition) is 4. The number of nitrogen functional groups attached to an aromatic ring is 1. The molecule has 1 amide bonds. The Morgan fingerprint density at radius 3 is 3.06 bits per heavy atom. The molecule has 0 aliphatic heterocycles. The molecular formula is C12H14N4O2. The maximum absolute atomic E-state index is 11.8. The third-order valence-electron chi connectivity index (χ3n) is 2.51. The molecule has 0 radical (unpaired) electrons. The van der Waals surface area contributed by atoms with Gasteiger partial charge in [0.2, 0.25) is 0 Å². The Morgan fingerprint density at radius 2 is 2.33 bits per heavy atom. The summed E-state index contributed by atoms with van der Waals surface area (Å²) >= 11 is 0. The van der Waals surface area contributed by atoms with Gasteiger partial charge >= 0.3 is 0 Å². The second kappa shape index (κ2) is 5.22. The highest BCUT2D eigenvalue weighted by atomic mass is 16.3. The van der Waals surface area contributed by atoms with Crippen LogP contribution in [0.5, 0.6) is 5.75 Å². The molecule has 0 aliphatic carbocycles. The largest absolute Gasteiger partial charge is 0.505 e. The van der Waals surface area contributed by atoms with Crippen LogP contribution < -0.4 is 11.1 Å². The van der Waals surface area contributed by atoms with Crippen molar-refractivity contribution in [1.82, 2.24) is 15.3 Å². The number of aromatic nitrogens is 2. The number of para-hydroxylation sites is 1. The molecule has 18 heavy (non-hydrogen) atoms. The molecule has 0 atom stereocenters. The van der Waals surface area contributed by atoms with Crippen LogP contribution in [0, 0.1) is 0 Å². The van der Waals surface area contributed by atoms with Gasteiger partial charge in [-0.3, -0.25) is 4.79 Å². The Morgan fingerprint density at radius 1 is 1.50 bits per heavy atom. The summed E-state index contributed by atoms with van der Waals surface area (Å²) in [6.07, 6.45) is 3.98. The van der Waals surface area contributed by atoms with E-state index in [1.165, 1.54) is 12.1 Å². The fraction of sp³-hybridized carbons (Fsp3) is 0.167. The van der Waals surface area contributed by atoms with E-state index < -0.39 is 0 Å². The lowest BCUT2D eigenvalue weighted by molar-refractivity contribution is 0.0951. The van der Waals surface area contributed by atoms with Crippen LogP contribution in [0.3, 0.4) is 0 Å². The van der Waals surface area contributed by atoms with Crippen LogP contribution in [0.25, 0.3) is 0 Å². The highest BCUT2D eigenvalue weighted by molar-refractivity contribution is 5.98. The molecule has 6 heteroatoms. The van der Waals surface area contributed by atoms with Gasteiger partial charge < -0.3 is 21.1 Å². The molecule has 2 aromatic rings. The Labute approximate surface area is 104 Å². The van der Waals surface area contributed by atoms with Gasteiger partial charge in [-0.1, -0.05) is 6.07 Å². The first-order chi connectivity index (χ1) is 8.68.